The third kappa shape index (κ3) is 3.58. The molecule has 1 N–H and O–H groups in total. The molecule has 1 fully saturated rings. The maximum absolute atomic E-state index is 4.66. The fourth-order valence-corrected chi connectivity index (χ4v) is 1.64. The minimum Gasteiger partial charge on any atom is -0.308 e. The van der Waals surface area contributed by atoms with Gasteiger partial charge in [0.05, 0.1) is 11.4 Å². The molecule has 1 heterocycles. The van der Waals surface area contributed by atoms with Crippen molar-refractivity contribution in [3.63, 3.8) is 0 Å². The molecule has 0 saturated heterocycles. The minimum atomic E-state index is 0.753. The van der Waals surface area contributed by atoms with Crippen molar-refractivity contribution < 1.29 is 0 Å². The molecule has 0 atom stereocenters. The van der Waals surface area contributed by atoms with Crippen LogP contribution in [0, 0.1) is 0 Å². The van der Waals surface area contributed by atoms with Crippen LogP contribution in [0.5, 0.6) is 0 Å². The summed E-state index contributed by atoms with van der Waals surface area (Å²) in [6.07, 6.45) is 2.66. The van der Waals surface area contributed by atoms with Gasteiger partial charge in [-0.25, -0.2) is 0 Å². The highest BCUT2D eigenvalue weighted by Crippen LogP contribution is 2.19. The van der Waals surface area contributed by atoms with Gasteiger partial charge in [-0.1, -0.05) is 13.0 Å². The summed E-state index contributed by atoms with van der Waals surface area (Å²) in [6, 6.07) is 7.07. The first kappa shape index (κ1) is 11.6. The Morgan fingerprint density at radius 1 is 1.38 bits per heavy atom. The number of rotatable bonds is 6. The van der Waals surface area contributed by atoms with Gasteiger partial charge in [0.15, 0.2) is 0 Å². The van der Waals surface area contributed by atoms with Crippen molar-refractivity contribution in [3.8, 4) is 0 Å². The number of aromatic nitrogens is 1. The molecule has 0 bridgehead atoms. The van der Waals surface area contributed by atoms with Gasteiger partial charge in [-0.3, -0.25) is 4.98 Å². The molecule has 0 amide bonds. The highest BCUT2D eigenvalue weighted by atomic mass is 15.1. The fourth-order valence-electron chi connectivity index (χ4n) is 1.64. The Kier molecular flexibility index (Phi) is 3.91. The van der Waals surface area contributed by atoms with Gasteiger partial charge in [0, 0.05) is 19.1 Å². The van der Waals surface area contributed by atoms with Crippen LogP contribution in [0.4, 0.5) is 0 Å². The Labute approximate surface area is 97.9 Å². The zero-order chi connectivity index (χ0) is 11.4. The lowest BCUT2D eigenvalue weighted by atomic mass is 10.3. The zero-order valence-corrected chi connectivity index (χ0v) is 10.2. The molecule has 16 heavy (non-hydrogen) atoms. The first-order chi connectivity index (χ1) is 7.78. The predicted molar refractivity (Wildman–Crippen MR) is 66.1 cm³/mol. The van der Waals surface area contributed by atoms with Crippen molar-refractivity contribution >= 4 is 0 Å². The van der Waals surface area contributed by atoms with Gasteiger partial charge in [0.2, 0.25) is 0 Å². The van der Waals surface area contributed by atoms with Crippen molar-refractivity contribution in [3.05, 3.63) is 29.6 Å². The third-order valence-electron chi connectivity index (χ3n) is 2.99. The Morgan fingerprint density at radius 3 is 2.81 bits per heavy atom. The molecule has 0 radical (unpaired) electrons. The van der Waals surface area contributed by atoms with Crippen LogP contribution in [0.1, 0.15) is 31.2 Å². The van der Waals surface area contributed by atoms with Gasteiger partial charge in [0.1, 0.15) is 0 Å². The van der Waals surface area contributed by atoms with Crippen LogP contribution in [-0.2, 0) is 13.1 Å². The largest absolute Gasteiger partial charge is 0.308 e. The predicted octanol–water partition coefficient (Wildman–Crippen LogP) is 1.79. The normalized spacial score (nSPS) is 15.7. The van der Waals surface area contributed by atoms with Crippen molar-refractivity contribution in [2.24, 2.45) is 0 Å². The van der Waals surface area contributed by atoms with Crippen LogP contribution in [0.15, 0.2) is 18.2 Å². The van der Waals surface area contributed by atoms with E-state index in [1.54, 1.807) is 0 Å². The molecule has 0 aromatic carbocycles. The third-order valence-corrected chi connectivity index (χ3v) is 2.99. The van der Waals surface area contributed by atoms with Crippen LogP contribution in [0.2, 0.25) is 0 Å². The second kappa shape index (κ2) is 5.41. The van der Waals surface area contributed by atoms with E-state index >= 15 is 0 Å². The van der Waals surface area contributed by atoms with Crippen LogP contribution in [0.3, 0.4) is 0 Å². The van der Waals surface area contributed by atoms with E-state index in [2.05, 4.69) is 47.4 Å². The van der Waals surface area contributed by atoms with Crippen LogP contribution in [0.25, 0.3) is 0 Å². The van der Waals surface area contributed by atoms with E-state index in [-0.39, 0.29) is 0 Å². The van der Waals surface area contributed by atoms with E-state index in [1.807, 2.05) is 0 Å². The molecular weight excluding hydrogens is 198 g/mol. The lowest BCUT2D eigenvalue weighted by molar-refractivity contribution is 0.341. The Balaban J connectivity index is 1.89. The standard InChI is InChI=1S/C13H21N3/c1-3-16(2)10-13-6-4-5-12(15-13)9-14-11-7-8-11/h4-6,11,14H,3,7-10H2,1-2H3. The van der Waals surface area contributed by atoms with Crippen molar-refractivity contribution in [1.82, 2.24) is 15.2 Å². The molecule has 1 saturated carbocycles. The molecule has 0 aliphatic heterocycles. The van der Waals surface area contributed by atoms with E-state index in [0.717, 1.165) is 31.4 Å². The van der Waals surface area contributed by atoms with Crippen LogP contribution >= 0.6 is 0 Å². The molecule has 3 nitrogen and oxygen atoms in total. The monoisotopic (exact) mass is 219 g/mol. The van der Waals surface area contributed by atoms with Gasteiger partial charge >= 0.3 is 0 Å². The minimum absolute atomic E-state index is 0.753. The number of nitrogens with zero attached hydrogens (tertiary/aromatic N) is 2. The molecule has 3 heteroatoms. The first-order valence-electron chi connectivity index (χ1n) is 6.14. The fraction of sp³-hybridized carbons (Fsp3) is 0.615. The topological polar surface area (TPSA) is 28.2 Å². The molecule has 1 aromatic rings. The van der Waals surface area contributed by atoms with Gasteiger partial charge in [-0.2, -0.15) is 0 Å². The van der Waals surface area contributed by atoms with E-state index in [9.17, 15) is 0 Å². The molecular formula is C13H21N3. The highest BCUT2D eigenvalue weighted by Gasteiger charge is 2.20. The number of hydrogen-bond acceptors (Lipinski definition) is 3. The molecule has 0 spiro atoms. The van der Waals surface area contributed by atoms with E-state index < -0.39 is 0 Å². The van der Waals surface area contributed by atoms with Crippen LogP contribution < -0.4 is 5.32 Å². The Morgan fingerprint density at radius 2 is 2.12 bits per heavy atom. The van der Waals surface area contributed by atoms with E-state index in [4.69, 9.17) is 0 Å². The number of hydrogen-bond donors (Lipinski definition) is 1. The summed E-state index contributed by atoms with van der Waals surface area (Å²) >= 11 is 0. The Bertz CT molecular complexity index is 334. The number of pyridine rings is 1. The summed E-state index contributed by atoms with van der Waals surface area (Å²) in [4.78, 5) is 6.92. The van der Waals surface area contributed by atoms with E-state index in [1.165, 1.54) is 18.5 Å². The summed E-state index contributed by atoms with van der Waals surface area (Å²) < 4.78 is 0. The summed E-state index contributed by atoms with van der Waals surface area (Å²) in [5, 5.41) is 3.49. The average Bonchev–Trinajstić information content (AvgIpc) is 3.10. The number of nitrogens with one attached hydrogen (secondary N) is 1. The summed E-state index contributed by atoms with van der Waals surface area (Å²) in [7, 11) is 2.12. The van der Waals surface area contributed by atoms with Crippen molar-refractivity contribution in [2.45, 2.75) is 38.9 Å². The zero-order valence-electron chi connectivity index (χ0n) is 10.2. The molecule has 88 valence electrons. The quantitative estimate of drug-likeness (QED) is 0.790. The maximum atomic E-state index is 4.66. The first-order valence-corrected chi connectivity index (χ1v) is 6.14. The van der Waals surface area contributed by atoms with Crippen LogP contribution in [-0.4, -0.2) is 29.5 Å². The summed E-state index contributed by atoms with van der Waals surface area (Å²) in [6.45, 7) is 5.08. The Hall–Kier alpha value is -0.930. The SMILES string of the molecule is CCN(C)Cc1cccc(CNC2CC2)n1. The van der Waals surface area contributed by atoms with Gasteiger partial charge in [0.25, 0.3) is 0 Å². The van der Waals surface area contributed by atoms with Gasteiger partial charge in [-0.05, 0) is 38.6 Å². The van der Waals surface area contributed by atoms with Gasteiger partial charge < -0.3 is 10.2 Å². The molecule has 1 aliphatic rings. The lowest BCUT2D eigenvalue weighted by Crippen LogP contribution is -2.19. The average molecular weight is 219 g/mol. The van der Waals surface area contributed by atoms with E-state index in [0.29, 0.717) is 0 Å². The lowest BCUT2D eigenvalue weighted by Gasteiger charge is -2.13. The molecule has 2 rings (SSSR count). The molecule has 1 aromatic heterocycles. The summed E-state index contributed by atoms with van der Waals surface area (Å²) in [5.41, 5.74) is 2.33. The second-order valence-corrected chi connectivity index (χ2v) is 4.61. The second-order valence-electron chi connectivity index (χ2n) is 4.61. The molecule has 0 unspecified atom stereocenters. The van der Waals surface area contributed by atoms with Crippen molar-refractivity contribution in [2.75, 3.05) is 13.6 Å². The van der Waals surface area contributed by atoms with Gasteiger partial charge in [-0.15, -0.1) is 0 Å². The van der Waals surface area contributed by atoms with Crippen molar-refractivity contribution in [1.29, 1.82) is 0 Å². The maximum Gasteiger partial charge on any atom is 0.0547 e. The molecule has 1 aliphatic carbocycles. The smallest absolute Gasteiger partial charge is 0.0547 e. The highest BCUT2D eigenvalue weighted by molar-refractivity contribution is 5.11. The summed E-state index contributed by atoms with van der Waals surface area (Å²) in [5.74, 6) is 0.